The molecular formula is C24H31FN4O2. The zero-order valence-electron chi connectivity index (χ0n) is 19.0. The van der Waals surface area contributed by atoms with Crippen molar-refractivity contribution in [2.75, 3.05) is 18.4 Å². The van der Waals surface area contributed by atoms with E-state index in [2.05, 4.69) is 5.32 Å². The number of nitrogens with zero attached hydrogens (tertiary/aromatic N) is 3. The number of amides is 2. The van der Waals surface area contributed by atoms with E-state index < -0.39 is 5.41 Å². The van der Waals surface area contributed by atoms with Gasteiger partial charge in [-0.15, -0.1) is 0 Å². The van der Waals surface area contributed by atoms with Crippen LogP contribution in [0.4, 0.5) is 10.1 Å². The largest absolute Gasteiger partial charge is 0.342 e. The zero-order chi connectivity index (χ0) is 22.8. The van der Waals surface area contributed by atoms with Crippen molar-refractivity contribution < 1.29 is 14.0 Å². The highest BCUT2D eigenvalue weighted by Crippen LogP contribution is 2.29. The fourth-order valence-electron chi connectivity index (χ4n) is 3.95. The number of carbonyl (C=O) groups is 2. The number of rotatable bonds is 4. The van der Waals surface area contributed by atoms with Gasteiger partial charge < -0.3 is 10.2 Å². The molecule has 0 radical (unpaired) electrons. The van der Waals surface area contributed by atoms with Gasteiger partial charge in [-0.3, -0.25) is 9.59 Å². The third kappa shape index (κ3) is 5.66. The van der Waals surface area contributed by atoms with Crippen molar-refractivity contribution >= 4 is 17.5 Å². The van der Waals surface area contributed by atoms with Gasteiger partial charge in [0.05, 0.1) is 6.42 Å². The Labute approximate surface area is 183 Å². The predicted molar refractivity (Wildman–Crippen MR) is 118 cm³/mol. The number of piperidine rings is 1. The molecule has 31 heavy (non-hydrogen) atoms. The molecule has 2 aromatic rings. The Kier molecular flexibility index (Phi) is 6.72. The molecule has 2 heterocycles. The first-order chi connectivity index (χ1) is 14.5. The molecule has 0 saturated carbocycles. The van der Waals surface area contributed by atoms with Gasteiger partial charge in [0.15, 0.2) is 0 Å². The van der Waals surface area contributed by atoms with Crippen LogP contribution in [0.25, 0.3) is 0 Å². The summed E-state index contributed by atoms with van der Waals surface area (Å²) in [6, 6.07) is 5.67. The fourth-order valence-corrected chi connectivity index (χ4v) is 3.95. The average molecular weight is 427 g/mol. The predicted octanol–water partition coefficient (Wildman–Crippen LogP) is 4.17. The molecular weight excluding hydrogens is 395 g/mol. The van der Waals surface area contributed by atoms with E-state index in [1.165, 1.54) is 24.3 Å². The van der Waals surface area contributed by atoms with Crippen molar-refractivity contribution in [3.63, 3.8) is 0 Å². The van der Waals surface area contributed by atoms with E-state index in [0.29, 0.717) is 12.2 Å². The highest BCUT2D eigenvalue weighted by molar-refractivity contribution is 5.92. The molecule has 1 fully saturated rings. The summed E-state index contributed by atoms with van der Waals surface area (Å²) in [6.45, 7) is 11.0. The van der Waals surface area contributed by atoms with Crippen molar-refractivity contribution in [1.29, 1.82) is 0 Å². The summed E-state index contributed by atoms with van der Waals surface area (Å²) in [4.78, 5) is 36.5. The number of hydrogen-bond acceptors (Lipinski definition) is 4. The molecule has 1 aliphatic heterocycles. The van der Waals surface area contributed by atoms with Crippen LogP contribution in [0.5, 0.6) is 0 Å². The maximum atomic E-state index is 13.0. The molecule has 2 amide bonds. The first-order valence-electron chi connectivity index (χ1n) is 10.7. The number of hydrogen-bond donors (Lipinski definition) is 1. The SMILES string of the molecule is Cc1nc(C2CCCN(C(=O)C(C)(C)C)C2)nc(C)c1CC(=O)Nc1ccc(F)cc1. The van der Waals surface area contributed by atoms with Crippen molar-refractivity contribution in [2.45, 2.75) is 59.8 Å². The van der Waals surface area contributed by atoms with Gasteiger partial charge in [0, 0.05) is 47.1 Å². The molecule has 1 aromatic carbocycles. The van der Waals surface area contributed by atoms with Crippen molar-refractivity contribution in [3.05, 3.63) is 52.9 Å². The normalized spacial score (nSPS) is 16.8. The van der Waals surface area contributed by atoms with Gasteiger partial charge in [0.1, 0.15) is 11.6 Å². The van der Waals surface area contributed by atoms with Crippen LogP contribution in [0.3, 0.4) is 0 Å². The molecule has 1 atom stereocenters. The minimum atomic E-state index is -0.406. The van der Waals surface area contributed by atoms with E-state index in [-0.39, 0.29) is 30.0 Å². The molecule has 0 spiro atoms. The lowest BCUT2D eigenvalue weighted by Crippen LogP contribution is -2.45. The van der Waals surface area contributed by atoms with E-state index in [1.54, 1.807) is 0 Å². The second-order valence-electron chi connectivity index (χ2n) is 9.30. The lowest BCUT2D eigenvalue weighted by molar-refractivity contribution is -0.140. The van der Waals surface area contributed by atoms with Crippen LogP contribution in [-0.2, 0) is 16.0 Å². The Bertz CT molecular complexity index is 944. The molecule has 1 N–H and O–H groups in total. The summed E-state index contributed by atoms with van der Waals surface area (Å²) < 4.78 is 13.0. The van der Waals surface area contributed by atoms with E-state index in [4.69, 9.17) is 9.97 Å². The number of benzene rings is 1. The zero-order valence-corrected chi connectivity index (χ0v) is 19.0. The molecule has 1 saturated heterocycles. The lowest BCUT2D eigenvalue weighted by atomic mass is 9.90. The van der Waals surface area contributed by atoms with Crippen molar-refractivity contribution in [2.24, 2.45) is 5.41 Å². The molecule has 0 aliphatic carbocycles. The first kappa shape index (κ1) is 22.8. The number of anilines is 1. The molecule has 0 bridgehead atoms. The molecule has 1 aliphatic rings. The monoisotopic (exact) mass is 426 g/mol. The number of aryl methyl sites for hydroxylation is 2. The highest BCUT2D eigenvalue weighted by atomic mass is 19.1. The Balaban J connectivity index is 1.71. The first-order valence-corrected chi connectivity index (χ1v) is 10.7. The third-order valence-electron chi connectivity index (χ3n) is 5.62. The average Bonchev–Trinajstić information content (AvgIpc) is 2.71. The highest BCUT2D eigenvalue weighted by Gasteiger charge is 2.32. The van der Waals surface area contributed by atoms with E-state index in [0.717, 1.165) is 42.2 Å². The van der Waals surface area contributed by atoms with Gasteiger partial charge >= 0.3 is 0 Å². The Hall–Kier alpha value is -2.83. The molecule has 1 aromatic heterocycles. The van der Waals surface area contributed by atoms with Crippen LogP contribution < -0.4 is 5.32 Å². The summed E-state index contributed by atoms with van der Waals surface area (Å²) in [7, 11) is 0. The van der Waals surface area contributed by atoms with Crippen LogP contribution in [0.2, 0.25) is 0 Å². The van der Waals surface area contributed by atoms with Gasteiger partial charge in [-0.25, -0.2) is 14.4 Å². The number of aromatic nitrogens is 2. The maximum absolute atomic E-state index is 13.0. The summed E-state index contributed by atoms with van der Waals surface area (Å²) in [5.41, 5.74) is 2.48. The Morgan fingerprint density at radius 1 is 1.13 bits per heavy atom. The van der Waals surface area contributed by atoms with Crippen LogP contribution in [0, 0.1) is 25.1 Å². The molecule has 1 unspecified atom stereocenters. The second kappa shape index (κ2) is 9.12. The van der Waals surface area contributed by atoms with Crippen LogP contribution in [0.15, 0.2) is 24.3 Å². The Morgan fingerprint density at radius 2 is 1.74 bits per heavy atom. The van der Waals surface area contributed by atoms with Gasteiger partial charge in [-0.05, 0) is 51.0 Å². The number of halogens is 1. The van der Waals surface area contributed by atoms with Crippen molar-refractivity contribution in [3.8, 4) is 0 Å². The summed E-state index contributed by atoms with van der Waals surface area (Å²) >= 11 is 0. The summed E-state index contributed by atoms with van der Waals surface area (Å²) in [5.74, 6) is 0.441. The van der Waals surface area contributed by atoms with E-state index in [1.807, 2.05) is 39.5 Å². The molecule has 166 valence electrons. The third-order valence-corrected chi connectivity index (χ3v) is 5.62. The topological polar surface area (TPSA) is 75.2 Å². The number of carbonyl (C=O) groups excluding carboxylic acids is 2. The number of nitrogens with one attached hydrogen (secondary N) is 1. The van der Waals surface area contributed by atoms with Gasteiger partial charge in [0.2, 0.25) is 11.8 Å². The molecule has 3 rings (SSSR count). The minimum Gasteiger partial charge on any atom is -0.342 e. The van der Waals surface area contributed by atoms with Crippen molar-refractivity contribution in [1.82, 2.24) is 14.9 Å². The maximum Gasteiger partial charge on any atom is 0.228 e. The minimum absolute atomic E-state index is 0.0968. The molecule has 7 heteroatoms. The lowest BCUT2D eigenvalue weighted by Gasteiger charge is -2.36. The van der Waals surface area contributed by atoms with E-state index in [9.17, 15) is 14.0 Å². The number of likely N-dealkylation sites (tertiary alicyclic amines) is 1. The van der Waals surface area contributed by atoms with Crippen LogP contribution in [-0.4, -0.2) is 39.8 Å². The van der Waals surface area contributed by atoms with Gasteiger partial charge in [-0.2, -0.15) is 0 Å². The summed E-state index contributed by atoms with van der Waals surface area (Å²) in [5, 5.41) is 2.78. The summed E-state index contributed by atoms with van der Waals surface area (Å²) in [6.07, 6.45) is 2.02. The Morgan fingerprint density at radius 3 is 2.32 bits per heavy atom. The van der Waals surface area contributed by atoms with Crippen LogP contribution >= 0.6 is 0 Å². The van der Waals surface area contributed by atoms with Gasteiger partial charge in [-0.1, -0.05) is 20.8 Å². The quantitative estimate of drug-likeness (QED) is 0.796. The fraction of sp³-hybridized carbons (Fsp3) is 0.500. The standard InChI is InChI=1S/C24H31FN4O2/c1-15-20(13-21(30)28-19-10-8-18(25)9-11-19)16(2)27-22(26-15)17-7-6-12-29(14-17)23(31)24(3,4)5/h8-11,17H,6-7,12-14H2,1-5H3,(H,28,30). The smallest absolute Gasteiger partial charge is 0.228 e. The molecule has 6 nitrogen and oxygen atoms in total. The second-order valence-corrected chi connectivity index (χ2v) is 9.30. The van der Waals surface area contributed by atoms with Crippen LogP contribution in [0.1, 0.15) is 62.3 Å². The van der Waals surface area contributed by atoms with E-state index >= 15 is 0 Å². The van der Waals surface area contributed by atoms with Gasteiger partial charge in [0.25, 0.3) is 0 Å².